The molecular weight excluding hydrogens is 207 g/mol. The Morgan fingerprint density at radius 1 is 1.07 bits per heavy atom. The highest BCUT2D eigenvalue weighted by Gasteiger charge is 2.18. The lowest BCUT2D eigenvalue weighted by molar-refractivity contribution is 0.0516. The van der Waals surface area contributed by atoms with E-state index < -0.39 is 7.60 Å². The van der Waals surface area contributed by atoms with Crippen LogP contribution in [0.1, 0.15) is 6.92 Å². The van der Waals surface area contributed by atoms with E-state index in [1.54, 1.807) is 14.0 Å². The second-order valence-electron chi connectivity index (χ2n) is 2.55. The molecule has 0 saturated carbocycles. The third-order valence-electron chi connectivity index (χ3n) is 1.61. The molecule has 5 nitrogen and oxygen atoms in total. The third-order valence-corrected chi connectivity index (χ3v) is 3.52. The molecule has 0 aliphatic carbocycles. The van der Waals surface area contributed by atoms with Crippen LogP contribution >= 0.6 is 7.60 Å². The Morgan fingerprint density at radius 2 is 1.71 bits per heavy atom. The molecule has 0 heterocycles. The lowest BCUT2D eigenvalue weighted by Crippen LogP contribution is -2.08. The minimum Gasteiger partial charge on any atom is -0.382 e. The molecule has 0 aromatic carbocycles. The molecule has 0 aliphatic rings. The predicted molar refractivity (Wildman–Crippen MR) is 53.8 cm³/mol. The molecule has 0 rings (SSSR count). The van der Waals surface area contributed by atoms with Crippen LogP contribution in [0.4, 0.5) is 0 Å². The summed E-state index contributed by atoms with van der Waals surface area (Å²) in [6.45, 7) is 3.51. The van der Waals surface area contributed by atoms with Crippen LogP contribution in [0.5, 0.6) is 0 Å². The topological polar surface area (TPSA) is 54.0 Å². The summed E-state index contributed by atoms with van der Waals surface area (Å²) in [6, 6.07) is 0. The molecule has 6 heteroatoms. The van der Waals surface area contributed by atoms with Crippen molar-refractivity contribution in [1.29, 1.82) is 0 Å². The first-order valence-electron chi connectivity index (χ1n) is 4.54. The Kier molecular flexibility index (Phi) is 8.43. The zero-order valence-corrected chi connectivity index (χ0v) is 9.92. The van der Waals surface area contributed by atoms with E-state index in [-0.39, 0.29) is 6.61 Å². The monoisotopic (exact) mass is 226 g/mol. The molecule has 0 N–H and O–H groups in total. The van der Waals surface area contributed by atoms with E-state index in [0.29, 0.717) is 26.0 Å². The molecule has 1 unspecified atom stereocenters. The van der Waals surface area contributed by atoms with E-state index in [4.69, 9.17) is 18.5 Å². The van der Waals surface area contributed by atoms with Crippen molar-refractivity contribution in [3.8, 4) is 0 Å². The summed E-state index contributed by atoms with van der Waals surface area (Å²) in [5.41, 5.74) is 0. The smallest absolute Gasteiger partial charge is 0.330 e. The number of hydrogen-bond acceptors (Lipinski definition) is 5. The van der Waals surface area contributed by atoms with Crippen LogP contribution in [0.3, 0.4) is 0 Å². The Balaban J connectivity index is 3.39. The van der Waals surface area contributed by atoms with E-state index in [1.165, 1.54) is 7.11 Å². The maximum Gasteiger partial charge on any atom is 0.330 e. The van der Waals surface area contributed by atoms with Crippen molar-refractivity contribution in [1.82, 2.24) is 0 Å². The maximum absolute atomic E-state index is 11.5. The van der Waals surface area contributed by atoms with Gasteiger partial charge >= 0.3 is 7.60 Å². The Morgan fingerprint density at radius 3 is 2.21 bits per heavy atom. The minimum atomic E-state index is -2.85. The van der Waals surface area contributed by atoms with Gasteiger partial charge in [0.2, 0.25) is 0 Å². The van der Waals surface area contributed by atoms with E-state index in [1.807, 2.05) is 0 Å². The number of rotatable bonds is 9. The van der Waals surface area contributed by atoms with E-state index in [0.717, 1.165) is 0 Å². The molecule has 0 radical (unpaired) electrons. The van der Waals surface area contributed by atoms with Gasteiger partial charge in [0.1, 0.15) is 0 Å². The van der Waals surface area contributed by atoms with Gasteiger partial charge in [0.15, 0.2) is 0 Å². The van der Waals surface area contributed by atoms with E-state index in [2.05, 4.69) is 0 Å². The van der Waals surface area contributed by atoms with Crippen LogP contribution in [-0.2, 0) is 23.1 Å². The maximum atomic E-state index is 11.5. The van der Waals surface area contributed by atoms with Gasteiger partial charge in [-0.3, -0.25) is 4.57 Å². The van der Waals surface area contributed by atoms with Crippen LogP contribution < -0.4 is 0 Å². The molecule has 0 aromatic heterocycles. The molecule has 86 valence electrons. The molecular formula is C8H19O5P. The normalized spacial score (nSPS) is 15.4. The highest BCUT2D eigenvalue weighted by molar-refractivity contribution is 7.53. The standard InChI is InChI=1S/C8H19O5P/c1-4-14(9,11-3)13-8-7-12-6-5-10-2/h4-8H2,1-3H3. The molecule has 0 bridgehead atoms. The highest BCUT2D eigenvalue weighted by Crippen LogP contribution is 2.46. The van der Waals surface area contributed by atoms with Crippen LogP contribution in [0.25, 0.3) is 0 Å². The van der Waals surface area contributed by atoms with Gasteiger partial charge in [0.25, 0.3) is 0 Å². The average molecular weight is 226 g/mol. The molecule has 0 fully saturated rings. The van der Waals surface area contributed by atoms with Gasteiger partial charge in [0.05, 0.1) is 26.4 Å². The van der Waals surface area contributed by atoms with Gasteiger partial charge in [-0.1, -0.05) is 6.92 Å². The van der Waals surface area contributed by atoms with Crippen molar-refractivity contribution in [3.63, 3.8) is 0 Å². The van der Waals surface area contributed by atoms with Crippen molar-refractivity contribution in [2.45, 2.75) is 6.92 Å². The Bertz CT molecular complexity index is 165. The first-order valence-corrected chi connectivity index (χ1v) is 6.27. The largest absolute Gasteiger partial charge is 0.382 e. The fourth-order valence-corrected chi connectivity index (χ4v) is 1.65. The number of hydrogen-bond donors (Lipinski definition) is 0. The minimum absolute atomic E-state index is 0.280. The molecule has 0 saturated heterocycles. The molecule has 14 heavy (non-hydrogen) atoms. The van der Waals surface area contributed by atoms with Crippen molar-refractivity contribution in [2.24, 2.45) is 0 Å². The van der Waals surface area contributed by atoms with Crippen LogP contribution in [0.2, 0.25) is 0 Å². The Labute approximate surface area is 85.2 Å². The van der Waals surface area contributed by atoms with Crippen molar-refractivity contribution >= 4 is 7.60 Å². The fraction of sp³-hybridized carbons (Fsp3) is 1.00. The summed E-state index contributed by atoms with van der Waals surface area (Å²) >= 11 is 0. The van der Waals surface area contributed by atoms with Crippen molar-refractivity contribution < 1.29 is 23.1 Å². The zero-order chi connectivity index (χ0) is 10.9. The summed E-state index contributed by atoms with van der Waals surface area (Å²) in [4.78, 5) is 0. The van der Waals surface area contributed by atoms with Gasteiger partial charge in [-0.25, -0.2) is 0 Å². The van der Waals surface area contributed by atoms with Gasteiger partial charge in [-0.05, 0) is 0 Å². The highest BCUT2D eigenvalue weighted by atomic mass is 31.2. The second kappa shape index (κ2) is 8.38. The van der Waals surface area contributed by atoms with Gasteiger partial charge in [0, 0.05) is 20.4 Å². The fourth-order valence-electron chi connectivity index (χ4n) is 0.753. The summed E-state index contributed by atoms with van der Waals surface area (Å²) in [5.74, 6) is 0. The molecule has 0 aliphatic heterocycles. The van der Waals surface area contributed by atoms with E-state index >= 15 is 0 Å². The first-order chi connectivity index (χ1) is 6.68. The first kappa shape index (κ1) is 14.1. The van der Waals surface area contributed by atoms with Crippen molar-refractivity contribution in [2.75, 3.05) is 46.8 Å². The number of methoxy groups -OCH3 is 1. The lowest BCUT2D eigenvalue weighted by atomic mass is 10.7. The summed E-state index contributed by atoms with van der Waals surface area (Å²) in [7, 11) is 0.144. The molecule has 0 amide bonds. The van der Waals surface area contributed by atoms with Gasteiger partial charge < -0.3 is 18.5 Å². The molecule has 1 atom stereocenters. The van der Waals surface area contributed by atoms with Gasteiger partial charge in [-0.2, -0.15) is 0 Å². The Hall–Kier alpha value is 0.0700. The van der Waals surface area contributed by atoms with E-state index in [9.17, 15) is 4.57 Å². The summed E-state index contributed by atoms with van der Waals surface area (Å²) in [5, 5.41) is 0. The summed E-state index contributed by atoms with van der Waals surface area (Å²) < 4.78 is 31.3. The average Bonchev–Trinajstić information content (AvgIpc) is 2.23. The van der Waals surface area contributed by atoms with Crippen LogP contribution in [0, 0.1) is 0 Å². The molecule has 0 spiro atoms. The number of ether oxygens (including phenoxy) is 2. The quantitative estimate of drug-likeness (QED) is 0.440. The predicted octanol–water partition coefficient (Wildman–Crippen LogP) is 1.53. The van der Waals surface area contributed by atoms with Crippen molar-refractivity contribution in [3.05, 3.63) is 0 Å². The lowest BCUT2D eigenvalue weighted by Gasteiger charge is -2.13. The van der Waals surface area contributed by atoms with Crippen LogP contribution in [0.15, 0.2) is 0 Å². The second-order valence-corrected chi connectivity index (χ2v) is 5.03. The van der Waals surface area contributed by atoms with Gasteiger partial charge in [-0.15, -0.1) is 0 Å². The molecule has 0 aromatic rings. The third kappa shape index (κ3) is 6.51. The van der Waals surface area contributed by atoms with Crippen LogP contribution in [-0.4, -0.2) is 46.8 Å². The summed E-state index contributed by atoms with van der Waals surface area (Å²) in [6.07, 6.45) is 0.377. The zero-order valence-electron chi connectivity index (χ0n) is 9.02. The SMILES string of the molecule is CCP(=O)(OC)OCCOCCOC.